The predicted octanol–water partition coefficient (Wildman–Crippen LogP) is 6.50. The average molecular weight is 298 g/mol. The Bertz CT molecular complexity index is 601. The Balaban J connectivity index is 2.44. The van der Waals surface area contributed by atoms with E-state index < -0.39 is 0 Å². The molecule has 0 radical (unpaired) electrons. The van der Waals surface area contributed by atoms with Gasteiger partial charge in [-0.15, -0.1) is 11.8 Å². The third kappa shape index (κ3) is 3.71. The van der Waals surface area contributed by atoms with Gasteiger partial charge in [0.1, 0.15) is 0 Å². The number of hydrogen-bond acceptors (Lipinski definition) is 1. The van der Waals surface area contributed by atoms with E-state index in [1.807, 2.05) is 11.8 Å². The average Bonchev–Trinajstić information content (AvgIpc) is 2.45. The van der Waals surface area contributed by atoms with Crippen molar-refractivity contribution in [1.29, 1.82) is 0 Å². The Morgan fingerprint density at radius 1 is 0.905 bits per heavy atom. The standard InChI is InChI=1S/C20H26S/c1-14(2)15-7-9-16(10-8-15)18-12-11-17(20(3,4)5)13-19(18)21-6/h7-14H,1-6H3. The van der Waals surface area contributed by atoms with E-state index in [0.29, 0.717) is 5.92 Å². The predicted molar refractivity (Wildman–Crippen MR) is 96.4 cm³/mol. The minimum absolute atomic E-state index is 0.199. The van der Waals surface area contributed by atoms with Gasteiger partial charge in [0.25, 0.3) is 0 Å². The van der Waals surface area contributed by atoms with Crippen LogP contribution >= 0.6 is 11.8 Å². The minimum Gasteiger partial charge on any atom is -0.129 e. The molecule has 0 nitrogen and oxygen atoms in total. The van der Waals surface area contributed by atoms with Crippen LogP contribution in [0.2, 0.25) is 0 Å². The summed E-state index contributed by atoms with van der Waals surface area (Å²) in [6.07, 6.45) is 2.16. The molecule has 0 aliphatic rings. The second-order valence-corrected chi connectivity index (χ2v) is 7.79. The molecule has 0 aliphatic carbocycles. The summed E-state index contributed by atoms with van der Waals surface area (Å²) < 4.78 is 0. The van der Waals surface area contributed by atoms with Crippen molar-refractivity contribution in [1.82, 2.24) is 0 Å². The first kappa shape index (κ1) is 16.2. The molecule has 0 spiro atoms. The van der Waals surface area contributed by atoms with Crippen LogP contribution < -0.4 is 0 Å². The van der Waals surface area contributed by atoms with Crippen molar-refractivity contribution >= 4 is 11.8 Å². The van der Waals surface area contributed by atoms with Gasteiger partial charge in [-0.2, -0.15) is 0 Å². The largest absolute Gasteiger partial charge is 0.129 e. The van der Waals surface area contributed by atoms with Crippen LogP contribution in [-0.2, 0) is 5.41 Å². The molecule has 112 valence electrons. The highest BCUT2D eigenvalue weighted by Gasteiger charge is 2.16. The second kappa shape index (κ2) is 6.27. The van der Waals surface area contributed by atoms with E-state index in [-0.39, 0.29) is 5.41 Å². The van der Waals surface area contributed by atoms with Crippen LogP contribution in [0.1, 0.15) is 51.7 Å². The molecule has 0 amide bonds. The van der Waals surface area contributed by atoms with Crippen molar-refractivity contribution in [3.05, 3.63) is 53.6 Å². The molecule has 0 heterocycles. The van der Waals surface area contributed by atoms with E-state index in [1.165, 1.54) is 27.1 Å². The summed E-state index contributed by atoms with van der Waals surface area (Å²) in [5.74, 6) is 0.585. The monoisotopic (exact) mass is 298 g/mol. The molecule has 0 unspecified atom stereocenters. The maximum atomic E-state index is 2.34. The zero-order valence-corrected chi connectivity index (χ0v) is 14.8. The Morgan fingerprint density at radius 3 is 2.00 bits per heavy atom. The first-order valence-electron chi connectivity index (χ1n) is 7.62. The van der Waals surface area contributed by atoms with Crippen LogP contribution in [0.15, 0.2) is 47.4 Å². The molecular weight excluding hydrogens is 272 g/mol. The van der Waals surface area contributed by atoms with Gasteiger partial charge < -0.3 is 0 Å². The van der Waals surface area contributed by atoms with Crippen molar-refractivity contribution in [2.75, 3.05) is 6.26 Å². The van der Waals surface area contributed by atoms with E-state index in [2.05, 4.69) is 83.3 Å². The molecule has 0 aromatic heterocycles. The quantitative estimate of drug-likeness (QED) is 0.583. The van der Waals surface area contributed by atoms with E-state index in [9.17, 15) is 0 Å². The van der Waals surface area contributed by atoms with Crippen LogP contribution in [-0.4, -0.2) is 6.26 Å². The van der Waals surface area contributed by atoms with Crippen LogP contribution in [0.25, 0.3) is 11.1 Å². The van der Waals surface area contributed by atoms with E-state index in [0.717, 1.165) is 0 Å². The Hall–Kier alpha value is -1.21. The van der Waals surface area contributed by atoms with Crippen molar-refractivity contribution in [2.24, 2.45) is 0 Å². The first-order chi connectivity index (χ1) is 9.82. The molecule has 0 fully saturated rings. The summed E-state index contributed by atoms with van der Waals surface area (Å²) >= 11 is 1.83. The second-order valence-electron chi connectivity index (χ2n) is 6.94. The lowest BCUT2D eigenvalue weighted by atomic mass is 9.86. The Kier molecular flexibility index (Phi) is 4.83. The van der Waals surface area contributed by atoms with Gasteiger partial charge in [0.2, 0.25) is 0 Å². The third-order valence-corrected chi connectivity index (χ3v) is 4.73. The summed E-state index contributed by atoms with van der Waals surface area (Å²) in [6.45, 7) is 11.3. The Morgan fingerprint density at radius 2 is 1.52 bits per heavy atom. The highest BCUT2D eigenvalue weighted by Crippen LogP contribution is 2.35. The van der Waals surface area contributed by atoms with Gasteiger partial charge in [0, 0.05) is 4.90 Å². The molecule has 0 atom stereocenters. The number of benzene rings is 2. The van der Waals surface area contributed by atoms with Crippen molar-refractivity contribution in [2.45, 2.75) is 50.8 Å². The maximum absolute atomic E-state index is 2.34. The molecule has 1 heteroatoms. The maximum Gasteiger partial charge on any atom is 0.0151 e. The molecule has 0 saturated carbocycles. The molecular formula is C20H26S. The van der Waals surface area contributed by atoms with Crippen molar-refractivity contribution < 1.29 is 0 Å². The summed E-state index contributed by atoms with van der Waals surface area (Å²) in [7, 11) is 0. The summed E-state index contributed by atoms with van der Waals surface area (Å²) in [5.41, 5.74) is 5.64. The zero-order chi connectivity index (χ0) is 15.6. The molecule has 0 aliphatic heterocycles. The zero-order valence-electron chi connectivity index (χ0n) is 14.0. The van der Waals surface area contributed by atoms with Crippen LogP contribution in [0.3, 0.4) is 0 Å². The smallest absolute Gasteiger partial charge is 0.0151 e. The first-order valence-corrected chi connectivity index (χ1v) is 8.84. The van der Waals surface area contributed by atoms with E-state index in [1.54, 1.807) is 0 Å². The van der Waals surface area contributed by atoms with Gasteiger partial charge in [-0.25, -0.2) is 0 Å². The van der Waals surface area contributed by atoms with Gasteiger partial charge in [0.15, 0.2) is 0 Å². The Labute approximate surface area is 134 Å². The summed E-state index contributed by atoms with van der Waals surface area (Å²) in [5, 5.41) is 0. The topological polar surface area (TPSA) is 0 Å². The number of rotatable bonds is 3. The molecule has 2 aromatic rings. The molecule has 0 N–H and O–H groups in total. The fraction of sp³-hybridized carbons (Fsp3) is 0.400. The lowest BCUT2D eigenvalue weighted by molar-refractivity contribution is 0.589. The SMILES string of the molecule is CSc1cc(C(C)(C)C)ccc1-c1ccc(C(C)C)cc1. The van der Waals surface area contributed by atoms with Crippen molar-refractivity contribution in [3.63, 3.8) is 0 Å². The fourth-order valence-electron chi connectivity index (χ4n) is 2.44. The lowest BCUT2D eigenvalue weighted by Crippen LogP contribution is -2.11. The highest BCUT2D eigenvalue weighted by molar-refractivity contribution is 7.98. The highest BCUT2D eigenvalue weighted by atomic mass is 32.2. The van der Waals surface area contributed by atoms with Crippen LogP contribution in [0.5, 0.6) is 0 Å². The fourth-order valence-corrected chi connectivity index (χ4v) is 3.09. The molecule has 21 heavy (non-hydrogen) atoms. The minimum atomic E-state index is 0.199. The number of thioether (sulfide) groups is 1. The van der Waals surface area contributed by atoms with Gasteiger partial charge in [-0.3, -0.25) is 0 Å². The molecule has 0 bridgehead atoms. The van der Waals surface area contributed by atoms with Gasteiger partial charge in [-0.05, 0) is 45.9 Å². The molecule has 0 saturated heterocycles. The van der Waals surface area contributed by atoms with E-state index >= 15 is 0 Å². The normalized spacial score (nSPS) is 12.0. The summed E-state index contributed by atoms with van der Waals surface area (Å²) in [6, 6.07) is 15.9. The van der Waals surface area contributed by atoms with Gasteiger partial charge >= 0.3 is 0 Å². The van der Waals surface area contributed by atoms with Crippen LogP contribution in [0.4, 0.5) is 0 Å². The van der Waals surface area contributed by atoms with Gasteiger partial charge in [0.05, 0.1) is 0 Å². The van der Waals surface area contributed by atoms with Crippen LogP contribution in [0, 0.1) is 0 Å². The summed E-state index contributed by atoms with van der Waals surface area (Å²) in [4.78, 5) is 1.36. The van der Waals surface area contributed by atoms with E-state index in [4.69, 9.17) is 0 Å². The lowest BCUT2D eigenvalue weighted by Gasteiger charge is -2.21. The van der Waals surface area contributed by atoms with Gasteiger partial charge in [-0.1, -0.05) is 71.0 Å². The number of hydrogen-bond donors (Lipinski definition) is 0. The molecule has 2 aromatic carbocycles. The molecule has 2 rings (SSSR count). The van der Waals surface area contributed by atoms with Crippen molar-refractivity contribution in [3.8, 4) is 11.1 Å². The third-order valence-electron chi connectivity index (χ3n) is 3.96.